The number of hydrogen-bond donors (Lipinski definition) is 0. The van der Waals surface area contributed by atoms with Crippen molar-refractivity contribution in [3.05, 3.63) is 59.2 Å². The van der Waals surface area contributed by atoms with E-state index in [9.17, 15) is 4.79 Å². The number of morpholine rings is 1. The number of hydrogen-bond acceptors (Lipinski definition) is 4. The normalized spacial score (nSPS) is 17.5. The summed E-state index contributed by atoms with van der Waals surface area (Å²) in [7, 11) is 0. The number of aryl methyl sites for hydroxylation is 1. The molecule has 5 heteroatoms. The highest BCUT2D eigenvalue weighted by molar-refractivity contribution is 5.79. The van der Waals surface area contributed by atoms with Gasteiger partial charge in [-0.15, -0.1) is 0 Å². The Bertz CT molecular complexity index is 836. The smallest absolute Gasteiger partial charge is 0.227 e. The predicted molar refractivity (Wildman–Crippen MR) is 118 cm³/mol. The van der Waals surface area contributed by atoms with Crippen molar-refractivity contribution in [2.45, 2.75) is 20.3 Å². The Balaban J connectivity index is 1.31. The van der Waals surface area contributed by atoms with Crippen molar-refractivity contribution in [1.82, 2.24) is 4.90 Å². The molecule has 0 atom stereocenters. The van der Waals surface area contributed by atoms with E-state index in [0.717, 1.165) is 58.0 Å². The van der Waals surface area contributed by atoms with Crippen molar-refractivity contribution in [2.24, 2.45) is 0 Å². The van der Waals surface area contributed by atoms with Crippen LogP contribution in [-0.2, 0) is 16.0 Å². The molecule has 2 saturated heterocycles. The Morgan fingerprint density at radius 1 is 0.862 bits per heavy atom. The number of carbonyl (C=O) groups excluding carboxylic acids is 1. The summed E-state index contributed by atoms with van der Waals surface area (Å²) in [4.78, 5) is 19.6. The molecule has 0 bridgehead atoms. The van der Waals surface area contributed by atoms with E-state index in [1.165, 1.54) is 22.5 Å². The lowest BCUT2D eigenvalue weighted by Gasteiger charge is -2.37. The van der Waals surface area contributed by atoms with Gasteiger partial charge in [0, 0.05) is 50.6 Å². The van der Waals surface area contributed by atoms with Crippen LogP contribution < -0.4 is 9.80 Å². The van der Waals surface area contributed by atoms with E-state index in [2.05, 4.69) is 66.1 Å². The minimum atomic E-state index is 0.227. The van der Waals surface area contributed by atoms with Gasteiger partial charge in [-0.05, 0) is 48.7 Å². The molecule has 2 aliphatic heterocycles. The van der Waals surface area contributed by atoms with Crippen LogP contribution in [0.5, 0.6) is 0 Å². The zero-order chi connectivity index (χ0) is 20.2. The quantitative estimate of drug-likeness (QED) is 0.800. The summed E-state index contributed by atoms with van der Waals surface area (Å²) in [5.41, 5.74) is 6.26. The van der Waals surface area contributed by atoms with Crippen LogP contribution in [0.25, 0.3) is 0 Å². The zero-order valence-electron chi connectivity index (χ0n) is 17.6. The second-order valence-electron chi connectivity index (χ2n) is 8.03. The molecule has 0 unspecified atom stereocenters. The highest BCUT2D eigenvalue weighted by atomic mass is 16.5. The van der Waals surface area contributed by atoms with Gasteiger partial charge < -0.3 is 19.4 Å². The number of carbonyl (C=O) groups is 1. The third kappa shape index (κ3) is 4.56. The molecule has 0 saturated carbocycles. The van der Waals surface area contributed by atoms with Crippen molar-refractivity contribution in [3.8, 4) is 0 Å². The molecule has 2 heterocycles. The predicted octanol–water partition coefficient (Wildman–Crippen LogP) is 3.03. The van der Waals surface area contributed by atoms with Crippen molar-refractivity contribution in [1.29, 1.82) is 0 Å². The van der Waals surface area contributed by atoms with Gasteiger partial charge in [0.1, 0.15) is 0 Å². The van der Waals surface area contributed by atoms with Crippen molar-refractivity contribution >= 4 is 17.3 Å². The maximum absolute atomic E-state index is 12.8. The molecule has 4 rings (SSSR count). The fourth-order valence-corrected chi connectivity index (χ4v) is 4.21. The second kappa shape index (κ2) is 8.87. The van der Waals surface area contributed by atoms with Gasteiger partial charge in [-0.25, -0.2) is 0 Å². The average Bonchev–Trinajstić information content (AvgIpc) is 2.77. The minimum Gasteiger partial charge on any atom is -0.378 e. The van der Waals surface area contributed by atoms with Gasteiger partial charge in [0.05, 0.1) is 19.6 Å². The number of ether oxygens (including phenoxy) is 1. The molecular weight excluding hydrogens is 362 g/mol. The van der Waals surface area contributed by atoms with Crippen LogP contribution in [0.4, 0.5) is 11.4 Å². The summed E-state index contributed by atoms with van der Waals surface area (Å²) in [5, 5.41) is 0. The number of amides is 1. The van der Waals surface area contributed by atoms with Crippen LogP contribution in [0.15, 0.2) is 42.5 Å². The lowest BCUT2D eigenvalue weighted by molar-refractivity contribution is -0.130. The molecule has 0 aliphatic carbocycles. The Labute approximate surface area is 173 Å². The fraction of sp³-hybridized carbons (Fsp3) is 0.458. The van der Waals surface area contributed by atoms with Gasteiger partial charge in [0.25, 0.3) is 0 Å². The Morgan fingerprint density at radius 2 is 1.55 bits per heavy atom. The van der Waals surface area contributed by atoms with Crippen LogP contribution in [0, 0.1) is 13.8 Å². The first-order valence-corrected chi connectivity index (χ1v) is 10.6. The number of benzene rings is 2. The van der Waals surface area contributed by atoms with Crippen molar-refractivity contribution < 1.29 is 9.53 Å². The van der Waals surface area contributed by atoms with Crippen LogP contribution in [0.2, 0.25) is 0 Å². The van der Waals surface area contributed by atoms with Gasteiger partial charge in [-0.3, -0.25) is 4.79 Å². The van der Waals surface area contributed by atoms with Gasteiger partial charge >= 0.3 is 0 Å². The van der Waals surface area contributed by atoms with E-state index < -0.39 is 0 Å². The zero-order valence-corrected chi connectivity index (χ0v) is 17.6. The summed E-state index contributed by atoms with van der Waals surface area (Å²) in [5.74, 6) is 0.227. The van der Waals surface area contributed by atoms with E-state index in [1.807, 2.05) is 4.90 Å². The third-order valence-corrected chi connectivity index (χ3v) is 6.22. The molecular formula is C24H31N3O2. The van der Waals surface area contributed by atoms with E-state index >= 15 is 0 Å². The number of anilines is 2. The van der Waals surface area contributed by atoms with Gasteiger partial charge in [-0.1, -0.05) is 24.3 Å². The van der Waals surface area contributed by atoms with E-state index in [1.54, 1.807) is 0 Å². The van der Waals surface area contributed by atoms with Crippen molar-refractivity contribution in [3.63, 3.8) is 0 Å². The molecule has 0 aromatic heterocycles. The molecule has 0 spiro atoms. The molecule has 5 nitrogen and oxygen atoms in total. The van der Waals surface area contributed by atoms with E-state index in [4.69, 9.17) is 4.74 Å². The Morgan fingerprint density at radius 3 is 2.24 bits per heavy atom. The highest BCUT2D eigenvalue weighted by Gasteiger charge is 2.22. The monoisotopic (exact) mass is 393 g/mol. The molecule has 2 aromatic rings. The molecule has 2 aromatic carbocycles. The van der Waals surface area contributed by atoms with Crippen LogP contribution >= 0.6 is 0 Å². The fourth-order valence-electron chi connectivity index (χ4n) is 4.21. The Kier molecular flexibility index (Phi) is 6.05. The number of piperazine rings is 1. The van der Waals surface area contributed by atoms with E-state index in [0.29, 0.717) is 6.42 Å². The standard InChI is InChI=1S/C24H31N3O2/c1-19-4-3-5-23(20(19)2)26-10-12-27(13-11-26)24(28)18-21-6-8-22(9-7-21)25-14-16-29-17-15-25/h3-9H,10-18H2,1-2H3. The third-order valence-electron chi connectivity index (χ3n) is 6.22. The Hall–Kier alpha value is -2.53. The maximum atomic E-state index is 12.8. The molecule has 2 fully saturated rings. The first kappa shape index (κ1) is 19.8. The van der Waals surface area contributed by atoms with Crippen molar-refractivity contribution in [2.75, 3.05) is 62.3 Å². The lowest BCUT2D eigenvalue weighted by atomic mass is 10.1. The average molecular weight is 394 g/mol. The largest absolute Gasteiger partial charge is 0.378 e. The summed E-state index contributed by atoms with van der Waals surface area (Å²) in [6.07, 6.45) is 0.479. The summed E-state index contributed by atoms with van der Waals surface area (Å²) in [6, 6.07) is 14.9. The first-order valence-electron chi connectivity index (χ1n) is 10.6. The molecule has 0 N–H and O–H groups in total. The lowest BCUT2D eigenvalue weighted by Crippen LogP contribution is -2.49. The summed E-state index contributed by atoms with van der Waals surface area (Å²) in [6.45, 7) is 11.1. The van der Waals surface area contributed by atoms with Gasteiger partial charge in [0.15, 0.2) is 0 Å². The SMILES string of the molecule is Cc1cccc(N2CCN(C(=O)Cc3ccc(N4CCOCC4)cc3)CC2)c1C. The second-order valence-corrected chi connectivity index (χ2v) is 8.03. The molecule has 2 aliphatic rings. The number of rotatable bonds is 4. The molecule has 0 radical (unpaired) electrons. The van der Waals surface area contributed by atoms with E-state index in [-0.39, 0.29) is 5.91 Å². The highest BCUT2D eigenvalue weighted by Crippen LogP contribution is 2.24. The molecule has 1 amide bonds. The van der Waals surface area contributed by atoms with Gasteiger partial charge in [0.2, 0.25) is 5.91 Å². The molecule has 29 heavy (non-hydrogen) atoms. The minimum absolute atomic E-state index is 0.227. The van der Waals surface area contributed by atoms with Crippen LogP contribution in [0.3, 0.4) is 0 Å². The van der Waals surface area contributed by atoms with Crippen LogP contribution in [-0.4, -0.2) is 63.3 Å². The topological polar surface area (TPSA) is 36.0 Å². The number of nitrogens with zero attached hydrogens (tertiary/aromatic N) is 3. The summed E-state index contributed by atoms with van der Waals surface area (Å²) >= 11 is 0. The van der Waals surface area contributed by atoms with Crippen LogP contribution in [0.1, 0.15) is 16.7 Å². The first-order chi connectivity index (χ1) is 14.1. The summed E-state index contributed by atoms with van der Waals surface area (Å²) < 4.78 is 5.42. The van der Waals surface area contributed by atoms with Gasteiger partial charge in [-0.2, -0.15) is 0 Å². The molecule has 154 valence electrons. The maximum Gasteiger partial charge on any atom is 0.227 e.